The number of anilines is 1. The molecule has 0 aliphatic heterocycles. The quantitative estimate of drug-likeness (QED) is 0.203. The second-order valence-electron chi connectivity index (χ2n) is 7.91. The molecule has 9 heteroatoms. The van der Waals surface area contributed by atoms with E-state index in [9.17, 15) is 9.50 Å². The Morgan fingerprint density at radius 3 is 2.45 bits per heavy atom. The van der Waals surface area contributed by atoms with Crippen LogP contribution >= 0.6 is 34.2 Å². The van der Waals surface area contributed by atoms with E-state index in [0.29, 0.717) is 32.9 Å². The average Bonchev–Trinajstić information content (AvgIpc) is 2.77. The van der Waals surface area contributed by atoms with Gasteiger partial charge in [-0.3, -0.25) is 0 Å². The highest BCUT2D eigenvalue weighted by atomic mass is 127. The number of nitrogens with zero attached hydrogens (tertiary/aromatic N) is 3. The fraction of sp³-hybridized carbons (Fsp3) is 0.208. The maximum Gasteiger partial charge on any atom is 0.172 e. The highest BCUT2D eigenvalue weighted by Crippen LogP contribution is 2.38. The van der Waals surface area contributed by atoms with E-state index in [4.69, 9.17) is 11.6 Å². The SMILES string of the molecule is Cc1nc2c(F)cc(-c3cnc(C(C)(O)I)nc3)cc2c(NC(C)c2cccc(F)c2)c1Cl. The summed E-state index contributed by atoms with van der Waals surface area (Å²) in [5, 5.41) is 14.2. The van der Waals surface area contributed by atoms with Gasteiger partial charge in [0.1, 0.15) is 17.2 Å². The fourth-order valence-electron chi connectivity index (χ4n) is 3.52. The Kier molecular flexibility index (Phi) is 6.52. The molecular formula is C24H20ClF2IN4O. The van der Waals surface area contributed by atoms with Crippen molar-refractivity contribution in [2.24, 2.45) is 0 Å². The minimum absolute atomic E-state index is 0.169. The van der Waals surface area contributed by atoms with Gasteiger partial charge in [-0.1, -0.05) is 23.7 Å². The van der Waals surface area contributed by atoms with E-state index in [2.05, 4.69) is 20.3 Å². The zero-order valence-electron chi connectivity index (χ0n) is 18.0. The van der Waals surface area contributed by atoms with Crippen LogP contribution in [0.4, 0.5) is 14.5 Å². The van der Waals surface area contributed by atoms with Crippen LogP contribution in [-0.4, -0.2) is 20.1 Å². The van der Waals surface area contributed by atoms with Gasteiger partial charge in [-0.25, -0.2) is 23.7 Å². The second kappa shape index (κ2) is 9.08. The van der Waals surface area contributed by atoms with Gasteiger partial charge in [0.25, 0.3) is 0 Å². The Labute approximate surface area is 208 Å². The van der Waals surface area contributed by atoms with Crippen molar-refractivity contribution >= 4 is 50.8 Å². The molecule has 0 bridgehead atoms. The van der Waals surface area contributed by atoms with Gasteiger partial charge in [0, 0.05) is 29.4 Å². The molecular weight excluding hydrogens is 561 g/mol. The monoisotopic (exact) mass is 580 g/mol. The summed E-state index contributed by atoms with van der Waals surface area (Å²) in [6.07, 6.45) is 3.06. The van der Waals surface area contributed by atoms with Crippen LogP contribution in [0, 0.1) is 18.6 Å². The largest absolute Gasteiger partial charge is 0.377 e. The predicted octanol–water partition coefficient (Wildman–Crippen LogP) is 6.70. The van der Waals surface area contributed by atoms with Crippen molar-refractivity contribution in [1.29, 1.82) is 0 Å². The molecule has 2 unspecified atom stereocenters. The topological polar surface area (TPSA) is 70.9 Å². The summed E-state index contributed by atoms with van der Waals surface area (Å²) >= 11 is 8.41. The normalized spacial score (nSPS) is 14.2. The molecule has 2 heterocycles. The molecule has 0 saturated carbocycles. The summed E-state index contributed by atoms with van der Waals surface area (Å²) in [4.78, 5) is 12.7. The molecule has 0 fully saturated rings. The molecule has 170 valence electrons. The first-order valence-electron chi connectivity index (χ1n) is 10.1. The van der Waals surface area contributed by atoms with Crippen molar-refractivity contribution < 1.29 is 13.9 Å². The van der Waals surface area contributed by atoms with Gasteiger partial charge in [0.2, 0.25) is 0 Å². The predicted molar refractivity (Wildman–Crippen MR) is 135 cm³/mol. The van der Waals surface area contributed by atoms with E-state index in [-0.39, 0.29) is 23.2 Å². The number of nitrogens with one attached hydrogen (secondary N) is 1. The summed E-state index contributed by atoms with van der Waals surface area (Å²) in [7, 11) is 0. The fourth-order valence-corrected chi connectivity index (χ4v) is 3.99. The number of hydrogen-bond donors (Lipinski definition) is 2. The molecule has 0 amide bonds. The third-order valence-corrected chi connectivity index (χ3v) is 6.20. The average molecular weight is 581 g/mol. The Hall–Kier alpha value is -2.43. The maximum atomic E-state index is 15.1. The zero-order chi connectivity index (χ0) is 23.9. The van der Waals surface area contributed by atoms with E-state index >= 15 is 4.39 Å². The Morgan fingerprint density at radius 1 is 1.12 bits per heavy atom. The lowest BCUT2D eigenvalue weighted by Crippen LogP contribution is -2.15. The number of rotatable bonds is 5. The molecule has 0 aliphatic carbocycles. The van der Waals surface area contributed by atoms with Crippen molar-refractivity contribution in [1.82, 2.24) is 15.0 Å². The molecule has 0 saturated heterocycles. The summed E-state index contributed by atoms with van der Waals surface area (Å²) in [5.74, 6) is -0.612. The minimum Gasteiger partial charge on any atom is -0.377 e. The Balaban J connectivity index is 1.83. The van der Waals surface area contributed by atoms with Crippen LogP contribution in [0.3, 0.4) is 0 Å². The first kappa shape index (κ1) is 23.7. The molecule has 33 heavy (non-hydrogen) atoms. The summed E-state index contributed by atoms with van der Waals surface area (Å²) in [5.41, 5.74) is 2.97. The van der Waals surface area contributed by atoms with Crippen LogP contribution in [-0.2, 0) is 3.61 Å². The lowest BCUT2D eigenvalue weighted by molar-refractivity contribution is 0.168. The number of pyridine rings is 1. The first-order chi connectivity index (χ1) is 15.5. The van der Waals surface area contributed by atoms with Crippen molar-refractivity contribution in [3.05, 3.63) is 82.5 Å². The smallest absolute Gasteiger partial charge is 0.172 e. The molecule has 0 radical (unpaired) electrons. The summed E-state index contributed by atoms with van der Waals surface area (Å²) < 4.78 is 27.6. The van der Waals surface area contributed by atoms with Crippen molar-refractivity contribution in [2.45, 2.75) is 30.4 Å². The lowest BCUT2D eigenvalue weighted by atomic mass is 10.0. The molecule has 2 aromatic carbocycles. The molecule has 2 N–H and O–H groups in total. The third-order valence-electron chi connectivity index (χ3n) is 5.25. The van der Waals surface area contributed by atoms with E-state index < -0.39 is 9.43 Å². The number of hydrogen-bond acceptors (Lipinski definition) is 5. The molecule has 2 aromatic heterocycles. The summed E-state index contributed by atoms with van der Waals surface area (Å²) in [6, 6.07) is 9.08. The van der Waals surface area contributed by atoms with Crippen LogP contribution in [0.15, 0.2) is 48.8 Å². The Bertz CT molecular complexity index is 1340. The van der Waals surface area contributed by atoms with Gasteiger partial charge in [-0.05, 0) is 78.8 Å². The van der Waals surface area contributed by atoms with Gasteiger partial charge in [-0.15, -0.1) is 0 Å². The van der Waals surface area contributed by atoms with Gasteiger partial charge < -0.3 is 10.4 Å². The maximum absolute atomic E-state index is 15.1. The van der Waals surface area contributed by atoms with Crippen molar-refractivity contribution in [2.75, 3.05) is 5.32 Å². The second-order valence-corrected chi connectivity index (χ2v) is 10.4. The molecule has 0 aliphatic rings. The van der Waals surface area contributed by atoms with E-state index in [1.807, 2.05) is 29.5 Å². The van der Waals surface area contributed by atoms with Crippen molar-refractivity contribution in [3.63, 3.8) is 0 Å². The molecule has 4 aromatic rings. The van der Waals surface area contributed by atoms with E-state index in [1.165, 1.54) is 30.6 Å². The van der Waals surface area contributed by atoms with Gasteiger partial charge in [0.05, 0.1) is 16.4 Å². The van der Waals surface area contributed by atoms with Gasteiger partial charge >= 0.3 is 0 Å². The van der Waals surface area contributed by atoms with Crippen LogP contribution < -0.4 is 5.32 Å². The number of aromatic nitrogens is 3. The third kappa shape index (κ3) is 4.92. The number of aryl methyl sites for hydroxylation is 1. The van der Waals surface area contributed by atoms with Crippen molar-refractivity contribution in [3.8, 4) is 11.1 Å². The van der Waals surface area contributed by atoms with Crippen LogP contribution in [0.25, 0.3) is 22.0 Å². The van der Waals surface area contributed by atoms with E-state index in [0.717, 1.165) is 5.56 Å². The number of benzene rings is 2. The summed E-state index contributed by atoms with van der Waals surface area (Å²) in [6.45, 7) is 5.15. The number of halogens is 4. The van der Waals surface area contributed by atoms with Gasteiger partial charge in [0.15, 0.2) is 9.43 Å². The number of alkyl halides is 1. The molecule has 4 rings (SSSR count). The minimum atomic E-state index is -1.22. The first-order valence-corrected chi connectivity index (χ1v) is 11.6. The highest BCUT2D eigenvalue weighted by molar-refractivity contribution is 14.1. The zero-order valence-corrected chi connectivity index (χ0v) is 20.9. The standard InChI is InChI=1S/C24H20ClF2IN4O/c1-12(14-5-4-6-17(26)7-14)31-22-18-8-15(9-19(27)21(18)32-13(2)20(22)25)16-10-29-23(30-11-16)24(3,28)33/h4-12,33H,1-3H3,(H,31,32). The lowest BCUT2D eigenvalue weighted by Gasteiger charge is -2.20. The van der Waals surface area contributed by atoms with Crippen LogP contribution in [0.2, 0.25) is 5.02 Å². The van der Waals surface area contributed by atoms with Crippen LogP contribution in [0.1, 0.15) is 37.0 Å². The van der Waals surface area contributed by atoms with Crippen LogP contribution in [0.5, 0.6) is 0 Å². The highest BCUT2D eigenvalue weighted by Gasteiger charge is 2.22. The molecule has 0 spiro atoms. The number of aliphatic hydroxyl groups is 1. The Morgan fingerprint density at radius 2 is 1.82 bits per heavy atom. The van der Waals surface area contributed by atoms with Gasteiger partial charge in [-0.2, -0.15) is 0 Å². The molecule has 2 atom stereocenters. The number of fused-ring (bicyclic) bond motifs is 1. The van der Waals surface area contributed by atoms with E-state index in [1.54, 1.807) is 32.0 Å². The molecule has 5 nitrogen and oxygen atoms in total.